The van der Waals surface area contributed by atoms with Gasteiger partial charge in [-0.2, -0.15) is 0 Å². The van der Waals surface area contributed by atoms with Crippen molar-refractivity contribution in [2.75, 3.05) is 34.3 Å². The first-order chi connectivity index (χ1) is 28.9. The highest BCUT2D eigenvalue weighted by molar-refractivity contribution is 5.73. The number of hydrogen-bond acceptors (Lipinski definition) is 16. The SMILES string of the molecule is CC[C@H]1OC(=O)[C@H](C)[C@@H](O[C@H]2C[C@@](C)(OC)[C@@H](O)[C@H](C)O2)[C@H](C)[C@@H](O[C@@H]2O[C@H](C)C[C@H](N(C)C)[C@H]2O)[C@](C)(O)C[C@@H](C)CN[C@H](C)[C@@H](OC(=O)NCCc2cccnc2)[C@]1(C)O. The van der Waals surface area contributed by atoms with Gasteiger partial charge in [0.25, 0.3) is 0 Å². The number of amides is 1. The molecule has 0 bridgehead atoms. The molecule has 3 fully saturated rings. The molecule has 356 valence electrons. The number of nitrogens with zero attached hydrogens (tertiary/aromatic N) is 2. The maximum absolute atomic E-state index is 14.6. The number of esters is 1. The molecule has 1 amide bonds. The number of hydrogen-bond donors (Lipinski definition) is 6. The van der Waals surface area contributed by atoms with Crippen molar-refractivity contribution in [3.8, 4) is 0 Å². The maximum atomic E-state index is 14.6. The summed E-state index contributed by atoms with van der Waals surface area (Å²) in [5.41, 5.74) is -3.65. The third-order valence-corrected chi connectivity index (χ3v) is 13.3. The maximum Gasteiger partial charge on any atom is 0.407 e. The van der Waals surface area contributed by atoms with Crippen molar-refractivity contribution < 1.29 is 63.2 Å². The lowest BCUT2D eigenvalue weighted by Gasteiger charge is -2.48. The summed E-state index contributed by atoms with van der Waals surface area (Å²) in [5.74, 6) is -2.84. The highest BCUT2D eigenvalue weighted by Gasteiger charge is 2.53. The molecule has 1 aromatic rings. The van der Waals surface area contributed by atoms with E-state index in [9.17, 15) is 30.0 Å². The zero-order chi connectivity index (χ0) is 46.3. The molecule has 0 unspecified atom stereocenters. The molecule has 6 N–H and O–H groups in total. The number of pyridine rings is 1. The highest BCUT2D eigenvalue weighted by atomic mass is 16.7. The number of methoxy groups -OCH3 is 1. The zero-order valence-electron chi connectivity index (χ0n) is 39.3. The average Bonchev–Trinajstić information content (AvgIpc) is 3.21. The number of ether oxygens (including phenoxy) is 7. The standard InChI is InChI=1S/C45H78N4O13/c1-14-33-45(10,55)39(62-42(53)47-19-17-31-16-15-18-46-24-31)29(6)48-23-25(2)21-43(8,54)38(61-41-35(50)32(49(11)12)20-26(3)57-41)27(4)36(28(5)40(52)59-33)60-34-22-44(9,56-13)37(51)30(7)58-34/h15-16,18,24-30,32-39,41,48,50-51,54-55H,14,17,19-23H2,1-13H3,(H,47,53)/t25-,26-,27+,28-,29-,30+,32+,33-,34+,35-,36+,37+,38-,39-,41+,43-,44-,45-/m1/s1. The summed E-state index contributed by atoms with van der Waals surface area (Å²) >= 11 is 0. The third kappa shape index (κ3) is 12.8. The molecular formula is C45H78N4O13. The lowest BCUT2D eigenvalue weighted by Crippen LogP contribution is -2.61. The summed E-state index contributed by atoms with van der Waals surface area (Å²) in [7, 11) is 5.25. The van der Waals surface area contributed by atoms with Gasteiger partial charge in [-0.25, -0.2) is 4.79 Å². The summed E-state index contributed by atoms with van der Waals surface area (Å²) in [6, 6.07) is 2.75. The lowest BCUT2D eigenvalue weighted by atomic mass is 9.77. The summed E-state index contributed by atoms with van der Waals surface area (Å²) in [6.07, 6.45) is -5.58. The van der Waals surface area contributed by atoms with Crippen LogP contribution < -0.4 is 10.6 Å². The number of alkyl carbamates (subject to hydrolysis) is 1. The first-order valence-corrected chi connectivity index (χ1v) is 22.4. The van der Waals surface area contributed by atoms with Crippen LogP contribution in [0.15, 0.2) is 24.5 Å². The Hall–Kier alpha value is -2.55. The number of aromatic nitrogens is 1. The fourth-order valence-electron chi connectivity index (χ4n) is 9.58. The van der Waals surface area contributed by atoms with Crippen molar-refractivity contribution in [2.45, 2.75) is 192 Å². The predicted molar refractivity (Wildman–Crippen MR) is 230 cm³/mol. The molecule has 4 heterocycles. The molecule has 0 saturated carbocycles. The molecule has 18 atom stereocenters. The Kier molecular flexibility index (Phi) is 18.6. The number of cyclic esters (lactones) is 1. The Morgan fingerprint density at radius 1 is 1.03 bits per heavy atom. The van der Waals surface area contributed by atoms with Crippen LogP contribution in [-0.2, 0) is 44.4 Å². The number of carbonyl (C=O) groups excluding carboxylic acids is 2. The van der Waals surface area contributed by atoms with E-state index in [1.165, 1.54) is 14.0 Å². The Morgan fingerprint density at radius 2 is 1.73 bits per heavy atom. The predicted octanol–water partition coefficient (Wildman–Crippen LogP) is 2.93. The van der Waals surface area contributed by atoms with E-state index in [-0.39, 0.29) is 43.9 Å². The molecule has 0 aliphatic carbocycles. The van der Waals surface area contributed by atoms with Gasteiger partial charge in [0.15, 0.2) is 18.7 Å². The van der Waals surface area contributed by atoms with E-state index in [0.29, 0.717) is 19.4 Å². The van der Waals surface area contributed by atoms with Gasteiger partial charge in [-0.1, -0.05) is 26.8 Å². The van der Waals surface area contributed by atoms with Crippen molar-refractivity contribution >= 4 is 12.1 Å². The Morgan fingerprint density at radius 3 is 2.34 bits per heavy atom. The van der Waals surface area contributed by atoms with E-state index >= 15 is 0 Å². The Bertz CT molecular complexity index is 1560. The second-order valence-electron chi connectivity index (χ2n) is 19.1. The van der Waals surface area contributed by atoms with Crippen LogP contribution in [0.5, 0.6) is 0 Å². The second kappa shape index (κ2) is 22.1. The van der Waals surface area contributed by atoms with Gasteiger partial charge in [-0.3, -0.25) is 9.78 Å². The molecule has 0 radical (unpaired) electrons. The van der Waals surface area contributed by atoms with Crippen LogP contribution in [-0.4, -0.2) is 167 Å². The van der Waals surface area contributed by atoms with Gasteiger partial charge < -0.3 is 69.1 Å². The van der Waals surface area contributed by atoms with Crippen molar-refractivity contribution in [2.24, 2.45) is 17.8 Å². The fourth-order valence-corrected chi connectivity index (χ4v) is 9.58. The second-order valence-corrected chi connectivity index (χ2v) is 19.1. The topological polar surface area (TPSA) is 220 Å². The van der Waals surface area contributed by atoms with Crippen molar-refractivity contribution in [1.82, 2.24) is 20.5 Å². The molecule has 17 heteroatoms. The summed E-state index contributed by atoms with van der Waals surface area (Å²) in [4.78, 5) is 34.0. The Balaban J connectivity index is 1.75. The van der Waals surface area contributed by atoms with Gasteiger partial charge in [0.05, 0.1) is 41.5 Å². The van der Waals surface area contributed by atoms with Gasteiger partial charge in [0.2, 0.25) is 0 Å². The normalized spacial score (nSPS) is 42.9. The summed E-state index contributed by atoms with van der Waals surface area (Å²) in [5, 5.41) is 53.9. The Labute approximate surface area is 368 Å². The largest absolute Gasteiger partial charge is 0.459 e. The van der Waals surface area contributed by atoms with Crippen molar-refractivity contribution in [3.63, 3.8) is 0 Å². The fraction of sp³-hybridized carbons (Fsp3) is 0.844. The number of nitrogens with one attached hydrogen (secondary N) is 2. The monoisotopic (exact) mass is 883 g/mol. The smallest absolute Gasteiger partial charge is 0.407 e. The minimum atomic E-state index is -1.90. The van der Waals surface area contributed by atoms with Crippen LogP contribution in [0.3, 0.4) is 0 Å². The van der Waals surface area contributed by atoms with E-state index < -0.39 is 102 Å². The van der Waals surface area contributed by atoms with E-state index in [2.05, 4.69) is 15.6 Å². The molecule has 3 aliphatic rings. The van der Waals surface area contributed by atoms with E-state index in [1.807, 2.05) is 45.0 Å². The molecule has 17 nitrogen and oxygen atoms in total. The molecule has 3 saturated heterocycles. The number of aliphatic hydroxyl groups excluding tert-OH is 2. The van der Waals surface area contributed by atoms with Gasteiger partial charge >= 0.3 is 12.1 Å². The van der Waals surface area contributed by atoms with Gasteiger partial charge in [-0.05, 0) is 112 Å². The highest BCUT2D eigenvalue weighted by Crippen LogP contribution is 2.40. The van der Waals surface area contributed by atoms with Crippen LogP contribution in [0.2, 0.25) is 0 Å². The van der Waals surface area contributed by atoms with E-state index in [0.717, 1.165) is 5.56 Å². The lowest BCUT2D eigenvalue weighted by molar-refractivity contribution is -0.318. The third-order valence-electron chi connectivity index (χ3n) is 13.3. The quantitative estimate of drug-likeness (QED) is 0.176. The first kappa shape index (κ1) is 52.1. The minimum Gasteiger partial charge on any atom is -0.459 e. The van der Waals surface area contributed by atoms with Gasteiger partial charge in [0, 0.05) is 50.5 Å². The molecule has 3 aliphatic heterocycles. The van der Waals surface area contributed by atoms with Crippen molar-refractivity contribution in [3.05, 3.63) is 30.1 Å². The molecule has 62 heavy (non-hydrogen) atoms. The van der Waals surface area contributed by atoms with E-state index in [1.54, 1.807) is 60.9 Å². The van der Waals surface area contributed by atoms with Crippen molar-refractivity contribution in [1.29, 1.82) is 0 Å². The summed E-state index contributed by atoms with van der Waals surface area (Å²) in [6.45, 7) is 18.0. The number of aliphatic hydroxyl groups is 4. The van der Waals surface area contributed by atoms with Crippen LogP contribution >= 0.6 is 0 Å². The van der Waals surface area contributed by atoms with Crippen LogP contribution in [0.25, 0.3) is 0 Å². The summed E-state index contributed by atoms with van der Waals surface area (Å²) < 4.78 is 43.9. The van der Waals surface area contributed by atoms with Crippen LogP contribution in [0.4, 0.5) is 4.79 Å². The van der Waals surface area contributed by atoms with Crippen LogP contribution in [0, 0.1) is 17.8 Å². The first-order valence-electron chi connectivity index (χ1n) is 22.4. The van der Waals surface area contributed by atoms with Gasteiger partial charge in [0.1, 0.15) is 23.9 Å². The number of likely N-dealkylation sites (N-methyl/N-ethyl adjacent to an activating group) is 1. The molecular weight excluding hydrogens is 805 g/mol. The number of rotatable bonds is 11. The zero-order valence-corrected chi connectivity index (χ0v) is 39.3. The minimum absolute atomic E-state index is 0.102. The van der Waals surface area contributed by atoms with E-state index in [4.69, 9.17) is 33.2 Å². The molecule has 0 aromatic carbocycles. The molecule has 0 spiro atoms. The average molecular weight is 883 g/mol. The molecule has 1 aromatic heterocycles. The molecule has 4 rings (SSSR count). The van der Waals surface area contributed by atoms with Gasteiger partial charge in [-0.15, -0.1) is 0 Å². The van der Waals surface area contributed by atoms with Crippen LogP contribution in [0.1, 0.15) is 100 Å². The number of carbonyl (C=O) groups is 2.